The second-order valence-corrected chi connectivity index (χ2v) is 5.47. The van der Waals surface area contributed by atoms with Crippen LogP contribution < -0.4 is 9.47 Å². The Balaban J connectivity index is 1.55. The van der Waals surface area contributed by atoms with Gasteiger partial charge in [0.2, 0.25) is 0 Å². The van der Waals surface area contributed by atoms with Crippen LogP contribution in [0.5, 0.6) is 11.5 Å². The van der Waals surface area contributed by atoms with Gasteiger partial charge < -0.3 is 13.9 Å². The van der Waals surface area contributed by atoms with Gasteiger partial charge in [-0.3, -0.25) is 0 Å². The Labute approximate surface area is 144 Å². The van der Waals surface area contributed by atoms with Crippen LogP contribution in [0.15, 0.2) is 71.1 Å². The Kier molecular flexibility index (Phi) is 4.04. The highest BCUT2D eigenvalue weighted by Crippen LogP contribution is 2.29. The maximum atomic E-state index is 5.88. The van der Waals surface area contributed by atoms with Gasteiger partial charge in [-0.25, -0.2) is 0 Å². The van der Waals surface area contributed by atoms with E-state index in [-0.39, 0.29) is 6.61 Å². The van der Waals surface area contributed by atoms with Crippen LogP contribution in [0.25, 0.3) is 22.2 Å². The summed E-state index contributed by atoms with van der Waals surface area (Å²) < 4.78 is 16.9. The third kappa shape index (κ3) is 3.04. The Morgan fingerprint density at radius 2 is 1.60 bits per heavy atom. The molecule has 4 aromatic rings. The Bertz CT molecular complexity index is 1010. The normalized spacial score (nSPS) is 10.8. The SMILES string of the molecule is COc1ccccc1-c1nnc(COc2cccc3ccccc23)o1. The number of fused-ring (bicyclic) bond motifs is 1. The fourth-order valence-electron chi connectivity index (χ4n) is 2.70. The molecule has 0 saturated heterocycles. The van der Waals surface area contributed by atoms with Crippen molar-refractivity contribution in [3.63, 3.8) is 0 Å². The van der Waals surface area contributed by atoms with Crippen LogP contribution >= 0.6 is 0 Å². The Hall–Kier alpha value is -3.34. The monoisotopic (exact) mass is 332 g/mol. The quantitative estimate of drug-likeness (QED) is 0.539. The van der Waals surface area contributed by atoms with Crippen LogP contribution in [0.3, 0.4) is 0 Å². The zero-order valence-corrected chi connectivity index (χ0v) is 13.7. The highest BCUT2D eigenvalue weighted by molar-refractivity contribution is 5.88. The summed E-state index contributed by atoms with van der Waals surface area (Å²) in [5.74, 6) is 2.30. The van der Waals surface area contributed by atoms with Crippen molar-refractivity contribution in [2.45, 2.75) is 6.61 Å². The van der Waals surface area contributed by atoms with Gasteiger partial charge >= 0.3 is 0 Å². The highest BCUT2D eigenvalue weighted by atomic mass is 16.5. The van der Waals surface area contributed by atoms with E-state index in [1.165, 1.54) is 0 Å². The molecule has 0 radical (unpaired) electrons. The summed E-state index contributed by atoms with van der Waals surface area (Å²) in [6.07, 6.45) is 0. The number of nitrogens with zero attached hydrogens (tertiary/aromatic N) is 2. The van der Waals surface area contributed by atoms with Crippen LogP contribution in [-0.2, 0) is 6.61 Å². The third-order valence-corrected chi connectivity index (χ3v) is 3.91. The van der Waals surface area contributed by atoms with E-state index in [0.29, 0.717) is 17.5 Å². The van der Waals surface area contributed by atoms with Gasteiger partial charge in [0.05, 0.1) is 12.7 Å². The smallest absolute Gasteiger partial charge is 0.254 e. The summed E-state index contributed by atoms with van der Waals surface area (Å²) in [7, 11) is 1.61. The molecule has 0 aliphatic carbocycles. The molecule has 0 unspecified atom stereocenters. The number of ether oxygens (including phenoxy) is 2. The molecular formula is C20H16N2O3. The third-order valence-electron chi connectivity index (χ3n) is 3.91. The van der Waals surface area contributed by atoms with Crippen molar-refractivity contribution < 1.29 is 13.9 Å². The molecule has 0 saturated carbocycles. The van der Waals surface area contributed by atoms with Crippen molar-refractivity contribution in [1.29, 1.82) is 0 Å². The lowest BCUT2D eigenvalue weighted by molar-refractivity contribution is 0.267. The maximum absolute atomic E-state index is 5.88. The Morgan fingerprint density at radius 3 is 2.52 bits per heavy atom. The molecule has 0 amide bonds. The van der Waals surface area contributed by atoms with Crippen LogP contribution in [-0.4, -0.2) is 17.3 Å². The molecule has 0 aliphatic rings. The van der Waals surface area contributed by atoms with Crippen molar-refractivity contribution in [3.8, 4) is 23.0 Å². The maximum Gasteiger partial charge on any atom is 0.254 e. The fraction of sp³-hybridized carbons (Fsp3) is 0.100. The number of hydrogen-bond acceptors (Lipinski definition) is 5. The molecule has 4 rings (SSSR count). The van der Waals surface area contributed by atoms with E-state index >= 15 is 0 Å². The zero-order valence-electron chi connectivity index (χ0n) is 13.7. The molecule has 0 N–H and O–H groups in total. The molecule has 3 aromatic carbocycles. The molecule has 0 atom stereocenters. The van der Waals surface area contributed by atoms with Crippen LogP contribution in [0.4, 0.5) is 0 Å². The van der Waals surface area contributed by atoms with Crippen LogP contribution in [0.2, 0.25) is 0 Å². The average molecular weight is 332 g/mol. The van der Waals surface area contributed by atoms with Crippen molar-refractivity contribution in [2.75, 3.05) is 7.11 Å². The second kappa shape index (κ2) is 6.65. The number of hydrogen-bond donors (Lipinski definition) is 0. The molecule has 0 aliphatic heterocycles. The first kappa shape index (κ1) is 15.2. The first-order valence-electron chi connectivity index (χ1n) is 7.91. The molecule has 0 fully saturated rings. The topological polar surface area (TPSA) is 57.4 Å². The van der Waals surface area contributed by atoms with Crippen molar-refractivity contribution in [2.24, 2.45) is 0 Å². The number of methoxy groups -OCH3 is 1. The van der Waals surface area contributed by atoms with Crippen molar-refractivity contribution in [1.82, 2.24) is 10.2 Å². The van der Waals surface area contributed by atoms with Crippen molar-refractivity contribution >= 4 is 10.8 Å². The van der Waals surface area contributed by atoms with Gasteiger partial charge in [-0.2, -0.15) is 0 Å². The first-order chi connectivity index (χ1) is 12.3. The van der Waals surface area contributed by atoms with Gasteiger partial charge in [0.1, 0.15) is 11.5 Å². The summed E-state index contributed by atoms with van der Waals surface area (Å²) in [6, 6.07) is 21.5. The zero-order chi connectivity index (χ0) is 17.1. The predicted molar refractivity (Wildman–Crippen MR) is 94.6 cm³/mol. The lowest BCUT2D eigenvalue weighted by atomic mass is 10.1. The highest BCUT2D eigenvalue weighted by Gasteiger charge is 2.13. The molecule has 1 aromatic heterocycles. The van der Waals surface area contributed by atoms with Gasteiger partial charge in [0.25, 0.3) is 11.8 Å². The van der Waals surface area contributed by atoms with Gasteiger partial charge in [-0.05, 0) is 23.6 Å². The minimum Gasteiger partial charge on any atom is -0.496 e. The van der Waals surface area contributed by atoms with Gasteiger partial charge in [-0.15, -0.1) is 10.2 Å². The van der Waals surface area contributed by atoms with Gasteiger partial charge in [0.15, 0.2) is 6.61 Å². The van der Waals surface area contributed by atoms with E-state index in [9.17, 15) is 0 Å². The molecule has 0 bridgehead atoms. The largest absolute Gasteiger partial charge is 0.496 e. The minimum absolute atomic E-state index is 0.205. The fourth-order valence-corrected chi connectivity index (χ4v) is 2.70. The number of para-hydroxylation sites is 1. The van der Waals surface area contributed by atoms with E-state index < -0.39 is 0 Å². The van der Waals surface area contributed by atoms with Crippen LogP contribution in [0.1, 0.15) is 5.89 Å². The lowest BCUT2D eigenvalue weighted by Crippen LogP contribution is -1.96. The summed E-state index contributed by atoms with van der Waals surface area (Å²) >= 11 is 0. The summed E-state index contributed by atoms with van der Waals surface area (Å²) in [5.41, 5.74) is 0.758. The van der Waals surface area contributed by atoms with E-state index in [4.69, 9.17) is 13.9 Å². The van der Waals surface area contributed by atoms with Gasteiger partial charge in [-0.1, -0.05) is 48.5 Å². The summed E-state index contributed by atoms with van der Waals surface area (Å²) in [5, 5.41) is 10.3. The molecule has 1 heterocycles. The summed E-state index contributed by atoms with van der Waals surface area (Å²) in [4.78, 5) is 0. The molecule has 25 heavy (non-hydrogen) atoms. The lowest BCUT2D eigenvalue weighted by Gasteiger charge is -2.07. The first-order valence-corrected chi connectivity index (χ1v) is 7.91. The minimum atomic E-state index is 0.205. The second-order valence-electron chi connectivity index (χ2n) is 5.47. The standard InChI is InChI=1S/C20H16N2O3/c1-23-17-11-5-4-10-16(17)20-22-21-19(25-20)13-24-18-12-6-8-14-7-2-3-9-15(14)18/h2-12H,13H2,1H3. The van der Waals surface area contributed by atoms with Crippen molar-refractivity contribution in [3.05, 3.63) is 72.6 Å². The van der Waals surface area contributed by atoms with E-state index in [1.807, 2.05) is 54.6 Å². The molecule has 0 spiro atoms. The van der Waals surface area contributed by atoms with E-state index in [0.717, 1.165) is 22.1 Å². The predicted octanol–water partition coefficient (Wildman–Crippen LogP) is 4.48. The number of benzene rings is 3. The number of aromatic nitrogens is 2. The molecular weight excluding hydrogens is 316 g/mol. The Morgan fingerprint density at radius 1 is 0.840 bits per heavy atom. The molecule has 5 nitrogen and oxygen atoms in total. The molecule has 124 valence electrons. The van der Waals surface area contributed by atoms with Crippen LogP contribution in [0, 0.1) is 0 Å². The molecule has 5 heteroatoms. The summed E-state index contributed by atoms with van der Waals surface area (Å²) in [6.45, 7) is 0.205. The number of rotatable bonds is 5. The van der Waals surface area contributed by atoms with E-state index in [2.05, 4.69) is 22.3 Å². The van der Waals surface area contributed by atoms with E-state index in [1.54, 1.807) is 7.11 Å². The average Bonchev–Trinajstić information content (AvgIpc) is 3.15. The van der Waals surface area contributed by atoms with Gasteiger partial charge in [0, 0.05) is 5.39 Å².